The standard InChI is InChI=1S/C10H7F3N4O/c1-6-2-7(4-14-3-6)17-5-8(15-16-17)9(18)10(11,12)13/h2-5H,1H3. The maximum atomic E-state index is 12.2. The average Bonchev–Trinajstić information content (AvgIpc) is 2.75. The van der Waals surface area contributed by atoms with E-state index in [0.717, 1.165) is 16.4 Å². The lowest BCUT2D eigenvalue weighted by atomic mass is 10.3. The number of ketones is 1. The number of halogens is 3. The van der Waals surface area contributed by atoms with Crippen molar-refractivity contribution in [3.8, 4) is 5.69 Å². The first-order valence-electron chi connectivity index (χ1n) is 4.84. The first-order chi connectivity index (χ1) is 8.38. The zero-order chi connectivity index (χ0) is 13.3. The van der Waals surface area contributed by atoms with Gasteiger partial charge in [0.15, 0.2) is 5.69 Å². The molecule has 5 nitrogen and oxygen atoms in total. The van der Waals surface area contributed by atoms with Gasteiger partial charge in [-0.1, -0.05) is 5.21 Å². The van der Waals surface area contributed by atoms with E-state index in [1.807, 2.05) is 0 Å². The maximum absolute atomic E-state index is 12.2. The lowest BCUT2D eigenvalue weighted by molar-refractivity contribution is -0.0888. The molecule has 0 N–H and O–H groups in total. The van der Waals surface area contributed by atoms with Crippen LogP contribution in [0.15, 0.2) is 24.7 Å². The number of rotatable bonds is 2. The average molecular weight is 256 g/mol. The van der Waals surface area contributed by atoms with Gasteiger partial charge in [0.05, 0.1) is 18.1 Å². The second-order valence-electron chi connectivity index (χ2n) is 3.60. The molecule has 0 bridgehead atoms. The van der Waals surface area contributed by atoms with Crippen LogP contribution >= 0.6 is 0 Å². The third-order valence-electron chi connectivity index (χ3n) is 2.11. The Kier molecular flexibility index (Phi) is 2.85. The molecule has 0 saturated carbocycles. The van der Waals surface area contributed by atoms with E-state index in [0.29, 0.717) is 5.69 Å². The summed E-state index contributed by atoms with van der Waals surface area (Å²) in [4.78, 5) is 14.8. The first-order valence-corrected chi connectivity index (χ1v) is 4.84. The van der Waals surface area contributed by atoms with Crippen LogP contribution in [0.2, 0.25) is 0 Å². The van der Waals surface area contributed by atoms with Crippen LogP contribution in [0, 0.1) is 6.92 Å². The molecular formula is C10H7F3N4O. The Balaban J connectivity index is 2.34. The van der Waals surface area contributed by atoms with Gasteiger partial charge in [0.1, 0.15) is 0 Å². The quantitative estimate of drug-likeness (QED) is 0.767. The van der Waals surface area contributed by atoms with Crippen molar-refractivity contribution in [3.05, 3.63) is 35.9 Å². The molecule has 2 aromatic heterocycles. The number of aryl methyl sites for hydroxylation is 1. The number of Topliss-reactive ketones (excluding diaryl/α,β-unsaturated/α-hetero) is 1. The minimum absolute atomic E-state index is 0.434. The Labute approximate surface area is 99.3 Å². The van der Waals surface area contributed by atoms with Crippen LogP contribution < -0.4 is 0 Å². The highest BCUT2D eigenvalue weighted by Crippen LogP contribution is 2.20. The molecule has 18 heavy (non-hydrogen) atoms. The summed E-state index contributed by atoms with van der Waals surface area (Å²) in [5.74, 6) is -2.02. The monoisotopic (exact) mass is 256 g/mol. The third-order valence-corrected chi connectivity index (χ3v) is 2.11. The van der Waals surface area contributed by atoms with E-state index in [9.17, 15) is 18.0 Å². The fourth-order valence-electron chi connectivity index (χ4n) is 1.30. The largest absolute Gasteiger partial charge is 0.456 e. The molecule has 2 aromatic rings. The molecule has 0 amide bonds. The molecule has 0 aliphatic heterocycles. The zero-order valence-corrected chi connectivity index (χ0v) is 9.14. The molecule has 0 aliphatic carbocycles. The Morgan fingerprint density at radius 1 is 1.33 bits per heavy atom. The molecule has 0 atom stereocenters. The topological polar surface area (TPSA) is 60.7 Å². The van der Waals surface area contributed by atoms with Crippen LogP contribution in [0.1, 0.15) is 16.1 Å². The molecule has 2 rings (SSSR count). The minimum atomic E-state index is -4.95. The van der Waals surface area contributed by atoms with Crippen molar-refractivity contribution in [2.75, 3.05) is 0 Å². The van der Waals surface area contributed by atoms with E-state index in [4.69, 9.17) is 0 Å². The molecule has 0 saturated heterocycles. The van der Waals surface area contributed by atoms with Crippen molar-refractivity contribution in [1.29, 1.82) is 0 Å². The minimum Gasteiger partial charge on any atom is -0.282 e. The smallest absolute Gasteiger partial charge is 0.282 e. The number of hydrogen-bond acceptors (Lipinski definition) is 4. The number of hydrogen-bond donors (Lipinski definition) is 0. The summed E-state index contributed by atoms with van der Waals surface area (Å²) in [5.41, 5.74) is 0.499. The lowest BCUT2D eigenvalue weighted by Crippen LogP contribution is -2.23. The highest BCUT2D eigenvalue weighted by molar-refractivity contribution is 5.98. The van der Waals surface area contributed by atoms with Gasteiger partial charge >= 0.3 is 6.18 Å². The molecule has 0 fully saturated rings. The molecule has 8 heteroatoms. The SMILES string of the molecule is Cc1cncc(-n2cc(C(=O)C(F)(F)F)nn2)c1. The van der Waals surface area contributed by atoms with Crippen molar-refractivity contribution in [1.82, 2.24) is 20.0 Å². The Morgan fingerprint density at radius 2 is 2.06 bits per heavy atom. The summed E-state index contributed by atoms with van der Waals surface area (Å²) in [5, 5.41) is 6.67. The van der Waals surface area contributed by atoms with Gasteiger partial charge in [-0.05, 0) is 18.6 Å². The lowest BCUT2D eigenvalue weighted by Gasteiger charge is -2.01. The first kappa shape index (κ1) is 12.2. The third kappa shape index (κ3) is 2.36. The number of aromatic nitrogens is 4. The van der Waals surface area contributed by atoms with Gasteiger partial charge < -0.3 is 0 Å². The second-order valence-corrected chi connectivity index (χ2v) is 3.60. The van der Waals surface area contributed by atoms with Crippen molar-refractivity contribution in [2.45, 2.75) is 13.1 Å². The van der Waals surface area contributed by atoms with E-state index < -0.39 is 17.7 Å². The molecule has 94 valence electrons. The van der Waals surface area contributed by atoms with Gasteiger partial charge in [-0.3, -0.25) is 9.78 Å². The van der Waals surface area contributed by atoms with Crippen LogP contribution in [0.5, 0.6) is 0 Å². The number of nitrogens with zero attached hydrogens (tertiary/aromatic N) is 4. The van der Waals surface area contributed by atoms with E-state index in [-0.39, 0.29) is 0 Å². The zero-order valence-electron chi connectivity index (χ0n) is 9.14. The Bertz CT molecular complexity index is 591. The molecule has 2 heterocycles. The molecule has 0 spiro atoms. The summed E-state index contributed by atoms with van der Waals surface area (Å²) in [6, 6.07) is 1.66. The number of carbonyl (C=O) groups is 1. The highest BCUT2D eigenvalue weighted by atomic mass is 19.4. The van der Waals surface area contributed by atoms with Crippen LogP contribution in [0.4, 0.5) is 13.2 Å². The van der Waals surface area contributed by atoms with E-state index in [2.05, 4.69) is 15.3 Å². The van der Waals surface area contributed by atoms with Gasteiger partial charge in [-0.2, -0.15) is 13.2 Å². The van der Waals surface area contributed by atoms with Crippen molar-refractivity contribution in [2.24, 2.45) is 0 Å². The van der Waals surface area contributed by atoms with Gasteiger partial charge in [0, 0.05) is 6.20 Å². The van der Waals surface area contributed by atoms with Crippen molar-refractivity contribution >= 4 is 5.78 Å². The summed E-state index contributed by atoms with van der Waals surface area (Å²) in [6.45, 7) is 1.77. The van der Waals surface area contributed by atoms with Crippen molar-refractivity contribution < 1.29 is 18.0 Å². The van der Waals surface area contributed by atoms with Crippen LogP contribution in [-0.2, 0) is 0 Å². The fraction of sp³-hybridized carbons (Fsp3) is 0.200. The number of carbonyl (C=O) groups excluding carboxylic acids is 1. The molecule has 0 radical (unpaired) electrons. The Hall–Kier alpha value is -2.25. The van der Waals surface area contributed by atoms with Crippen LogP contribution in [-0.4, -0.2) is 31.9 Å². The number of alkyl halides is 3. The fourth-order valence-corrected chi connectivity index (χ4v) is 1.30. The summed E-state index contributed by atoms with van der Waals surface area (Å²) >= 11 is 0. The van der Waals surface area contributed by atoms with Gasteiger partial charge in [-0.15, -0.1) is 5.10 Å². The summed E-state index contributed by atoms with van der Waals surface area (Å²) in [7, 11) is 0. The van der Waals surface area contributed by atoms with E-state index >= 15 is 0 Å². The predicted molar refractivity (Wildman–Crippen MR) is 54.3 cm³/mol. The second kappa shape index (κ2) is 4.21. The van der Waals surface area contributed by atoms with E-state index in [1.54, 1.807) is 19.2 Å². The van der Waals surface area contributed by atoms with Gasteiger partial charge in [-0.25, -0.2) is 4.68 Å². The maximum Gasteiger partial charge on any atom is 0.456 e. The normalized spacial score (nSPS) is 11.6. The molecular weight excluding hydrogens is 249 g/mol. The van der Waals surface area contributed by atoms with Gasteiger partial charge in [0.25, 0.3) is 5.78 Å². The van der Waals surface area contributed by atoms with Gasteiger partial charge in [0.2, 0.25) is 0 Å². The van der Waals surface area contributed by atoms with E-state index in [1.165, 1.54) is 6.20 Å². The molecule has 0 unspecified atom stereocenters. The van der Waals surface area contributed by atoms with Crippen LogP contribution in [0.25, 0.3) is 5.69 Å². The summed E-state index contributed by atoms with van der Waals surface area (Å²) in [6.07, 6.45) is -1.04. The predicted octanol–water partition coefficient (Wildman–Crippen LogP) is 1.72. The number of pyridine rings is 1. The molecule has 0 aromatic carbocycles. The molecule has 0 aliphatic rings. The Morgan fingerprint density at radius 3 is 2.67 bits per heavy atom. The highest BCUT2D eigenvalue weighted by Gasteiger charge is 2.41. The van der Waals surface area contributed by atoms with Crippen molar-refractivity contribution in [3.63, 3.8) is 0 Å². The summed E-state index contributed by atoms with van der Waals surface area (Å²) < 4.78 is 37.6. The van der Waals surface area contributed by atoms with Crippen LogP contribution in [0.3, 0.4) is 0 Å².